The summed E-state index contributed by atoms with van der Waals surface area (Å²) < 4.78 is 31.1. The van der Waals surface area contributed by atoms with Crippen LogP contribution in [0.2, 0.25) is 0 Å². The van der Waals surface area contributed by atoms with E-state index in [1.165, 1.54) is 6.07 Å². The number of halogens is 2. The molecule has 0 amide bonds. The molecule has 1 fully saturated rings. The molecule has 0 aliphatic heterocycles. The maximum Gasteiger partial charge on any atom is 0.336 e. The first-order valence-corrected chi connectivity index (χ1v) is 12.5. The summed E-state index contributed by atoms with van der Waals surface area (Å²) in [7, 11) is -4.36. The van der Waals surface area contributed by atoms with Crippen LogP contribution in [0.3, 0.4) is 0 Å². The lowest BCUT2D eigenvalue weighted by molar-refractivity contribution is -0.144. The lowest BCUT2D eigenvalue weighted by Crippen LogP contribution is -2.32. The number of benzene rings is 2. The third-order valence-electron chi connectivity index (χ3n) is 5.01. The van der Waals surface area contributed by atoms with E-state index < -0.39 is 32.9 Å². The lowest BCUT2D eigenvalue weighted by Gasteiger charge is -2.27. The van der Waals surface area contributed by atoms with Crippen LogP contribution in [0.4, 0.5) is 0 Å². The summed E-state index contributed by atoms with van der Waals surface area (Å²) >= 11 is 6.26. The van der Waals surface area contributed by atoms with E-state index in [4.69, 9.17) is 9.66 Å². The first-order valence-electron chi connectivity index (χ1n) is 9.44. The predicted molar refractivity (Wildman–Crippen MR) is 122 cm³/mol. The van der Waals surface area contributed by atoms with Crippen LogP contribution >= 0.6 is 31.9 Å². The molecule has 0 radical (unpaired) electrons. The number of Topliss-reactive ketones (excluding diaryl/α,β-unsaturated/α-hetero) is 1. The van der Waals surface area contributed by atoms with Gasteiger partial charge in [-0.25, -0.2) is 4.79 Å². The van der Waals surface area contributed by atoms with E-state index in [-0.39, 0.29) is 21.7 Å². The van der Waals surface area contributed by atoms with E-state index in [0.717, 1.165) is 29.4 Å². The first kappa shape index (κ1) is 26.2. The van der Waals surface area contributed by atoms with Gasteiger partial charge in [0.15, 0.2) is 5.78 Å². The number of carbonyl (C=O) groups is 3. The van der Waals surface area contributed by atoms with Crippen molar-refractivity contribution in [2.75, 3.05) is 0 Å². The molecule has 32 heavy (non-hydrogen) atoms. The summed E-state index contributed by atoms with van der Waals surface area (Å²) in [6, 6.07) is 10.3. The Morgan fingerprint density at radius 1 is 0.875 bits per heavy atom. The van der Waals surface area contributed by atoms with Gasteiger partial charge in [0.1, 0.15) is 0 Å². The van der Waals surface area contributed by atoms with Gasteiger partial charge in [-0.05, 0) is 59.1 Å². The Morgan fingerprint density at radius 3 is 1.94 bits per heavy atom. The number of aliphatic carboxylic acids is 1. The van der Waals surface area contributed by atoms with E-state index in [2.05, 4.69) is 31.9 Å². The smallest absolute Gasteiger partial charge is 0.336 e. The Hall–Kier alpha value is -2.08. The molecule has 0 spiro atoms. The molecule has 0 aromatic heterocycles. The van der Waals surface area contributed by atoms with E-state index in [1.807, 2.05) is 12.1 Å². The summed E-state index contributed by atoms with van der Waals surface area (Å²) in [5.74, 6) is -3.03. The van der Waals surface area contributed by atoms with E-state index in [0.29, 0.717) is 18.4 Å². The number of rotatable bonds is 5. The molecule has 11 heteroatoms. The van der Waals surface area contributed by atoms with Crippen LogP contribution in [0.15, 0.2) is 56.3 Å². The average molecular weight is 592 g/mol. The number of carbonyl (C=O) groups excluding carboxylic acids is 1. The molecule has 1 saturated carbocycles. The molecule has 2 atom stereocenters. The molecule has 8 nitrogen and oxygen atoms in total. The molecule has 0 heterocycles. The van der Waals surface area contributed by atoms with Crippen LogP contribution in [0, 0.1) is 11.8 Å². The van der Waals surface area contributed by atoms with Crippen molar-refractivity contribution in [3.63, 3.8) is 0 Å². The topological polar surface area (TPSA) is 146 Å². The second-order valence-corrected chi connectivity index (χ2v) is 10.3. The quantitative estimate of drug-likeness (QED) is 0.328. The van der Waals surface area contributed by atoms with E-state index in [1.54, 1.807) is 12.1 Å². The zero-order chi connectivity index (χ0) is 24.1. The van der Waals surface area contributed by atoms with E-state index in [9.17, 15) is 27.9 Å². The van der Waals surface area contributed by atoms with Gasteiger partial charge in [-0.3, -0.25) is 14.1 Å². The fourth-order valence-corrected chi connectivity index (χ4v) is 4.58. The number of ketones is 1. The van der Waals surface area contributed by atoms with Gasteiger partial charge in [-0.15, -0.1) is 0 Å². The second-order valence-electron chi connectivity index (χ2n) is 7.13. The first-order chi connectivity index (χ1) is 14.9. The Kier molecular flexibility index (Phi) is 9.14. The van der Waals surface area contributed by atoms with Crippen LogP contribution in [0.25, 0.3) is 0 Å². The minimum Gasteiger partial charge on any atom is -0.481 e. The van der Waals surface area contributed by atoms with Crippen molar-refractivity contribution >= 4 is 59.7 Å². The van der Waals surface area contributed by atoms with Gasteiger partial charge in [0, 0.05) is 20.4 Å². The van der Waals surface area contributed by atoms with Crippen molar-refractivity contribution in [1.29, 1.82) is 0 Å². The molecule has 0 bridgehead atoms. The molecule has 3 N–H and O–H groups in total. The second kappa shape index (κ2) is 11.2. The van der Waals surface area contributed by atoms with Crippen molar-refractivity contribution in [3.8, 4) is 0 Å². The predicted octanol–water partition coefficient (Wildman–Crippen LogP) is 4.92. The fourth-order valence-electron chi connectivity index (χ4n) is 3.40. The van der Waals surface area contributed by atoms with Crippen molar-refractivity contribution in [2.45, 2.75) is 30.6 Å². The summed E-state index contributed by atoms with van der Waals surface area (Å²) in [6.45, 7) is 0. The van der Waals surface area contributed by atoms with Gasteiger partial charge in [0.05, 0.1) is 16.4 Å². The number of hydrogen-bond donors (Lipinski definition) is 3. The maximum absolute atomic E-state index is 12.3. The van der Waals surface area contributed by atoms with Crippen LogP contribution in [0.1, 0.15) is 46.4 Å². The third-order valence-corrected chi connectivity index (χ3v) is 7.08. The molecule has 0 unspecified atom stereocenters. The minimum atomic E-state index is -4.36. The molecule has 1 aliphatic carbocycles. The van der Waals surface area contributed by atoms with Gasteiger partial charge in [0.25, 0.3) is 10.1 Å². The third kappa shape index (κ3) is 6.96. The average Bonchev–Trinajstić information content (AvgIpc) is 2.73. The van der Waals surface area contributed by atoms with Crippen molar-refractivity contribution in [3.05, 3.63) is 62.5 Å². The fraction of sp³-hybridized carbons (Fsp3) is 0.286. The Morgan fingerprint density at radius 2 is 1.44 bits per heavy atom. The highest BCUT2D eigenvalue weighted by molar-refractivity contribution is 9.10. The zero-order valence-electron chi connectivity index (χ0n) is 16.6. The van der Waals surface area contributed by atoms with Gasteiger partial charge in [-0.2, -0.15) is 8.42 Å². The van der Waals surface area contributed by atoms with Crippen molar-refractivity contribution in [1.82, 2.24) is 0 Å². The standard InChI is InChI=1S/C14H15BrO3.C7H5BrO5S/c15-10-7-5-9(6-8-10)13(16)11-3-1-2-4-12(11)14(17)18;8-6-2-1-4(14(11,12)13)3-5(6)7(9)10/h5-8,11-12H,1-4H2,(H,17,18);1-3H,(H,9,10)(H,11,12,13)/t11-,12+;/m0./s1. The van der Waals surface area contributed by atoms with Crippen molar-refractivity contribution < 1.29 is 37.6 Å². The monoisotopic (exact) mass is 590 g/mol. The van der Waals surface area contributed by atoms with Crippen LogP contribution in [-0.2, 0) is 14.9 Å². The number of aromatic carboxylic acids is 1. The van der Waals surface area contributed by atoms with E-state index >= 15 is 0 Å². The van der Waals surface area contributed by atoms with Crippen LogP contribution in [-0.4, -0.2) is 40.9 Å². The number of hydrogen-bond acceptors (Lipinski definition) is 5. The molecule has 2 aromatic carbocycles. The molecule has 172 valence electrons. The Bertz CT molecular complexity index is 1110. The number of carboxylic acid groups (broad SMARTS) is 2. The lowest BCUT2D eigenvalue weighted by atomic mass is 9.75. The largest absolute Gasteiger partial charge is 0.481 e. The summed E-state index contributed by atoms with van der Waals surface area (Å²) in [6.07, 6.45) is 3.14. The Balaban J connectivity index is 0.000000235. The van der Waals surface area contributed by atoms with Crippen LogP contribution in [0.5, 0.6) is 0 Å². The molecular formula is C21H20Br2O8S. The summed E-state index contributed by atoms with van der Waals surface area (Å²) in [5, 5.41) is 17.8. The Labute approximate surface area is 201 Å². The molecule has 3 rings (SSSR count). The zero-order valence-corrected chi connectivity index (χ0v) is 20.6. The minimum absolute atomic E-state index is 0.0328. The number of carboxylic acids is 2. The van der Waals surface area contributed by atoms with Crippen molar-refractivity contribution in [2.24, 2.45) is 11.8 Å². The van der Waals surface area contributed by atoms with Gasteiger partial charge in [-0.1, -0.05) is 40.9 Å². The highest BCUT2D eigenvalue weighted by Gasteiger charge is 2.35. The summed E-state index contributed by atoms with van der Waals surface area (Å²) in [4.78, 5) is 33.7. The van der Waals surface area contributed by atoms with Gasteiger partial charge >= 0.3 is 11.9 Å². The van der Waals surface area contributed by atoms with Gasteiger partial charge < -0.3 is 10.2 Å². The normalized spacial score (nSPS) is 18.2. The van der Waals surface area contributed by atoms with Crippen LogP contribution < -0.4 is 0 Å². The SMILES string of the molecule is O=C(O)c1cc(S(=O)(=O)O)ccc1Br.O=C(c1ccc(Br)cc1)[C@H]1CCCC[C@H]1C(=O)O. The molecule has 2 aromatic rings. The highest BCUT2D eigenvalue weighted by Crippen LogP contribution is 2.33. The molecular weight excluding hydrogens is 572 g/mol. The maximum atomic E-state index is 12.3. The van der Waals surface area contributed by atoms with Gasteiger partial charge in [0.2, 0.25) is 0 Å². The molecule has 1 aliphatic rings. The summed E-state index contributed by atoms with van der Waals surface area (Å²) in [5.41, 5.74) is 0.386. The highest BCUT2D eigenvalue weighted by atomic mass is 79.9. The molecule has 0 saturated heterocycles.